The largest absolute Gasteiger partial charge is 0.490 e. The standard InChI is InChI=1S/C15H22ClNO.ClH/c1-11-6-5-9-13(16)15(11)18-10-14(17)12-7-3-2-4-8-12;/h5-6,9,12,14H,2-4,7-8,10,17H2,1H3;1H. The van der Waals surface area contributed by atoms with E-state index in [0.29, 0.717) is 17.5 Å². The Morgan fingerprint density at radius 1 is 1.32 bits per heavy atom. The lowest BCUT2D eigenvalue weighted by molar-refractivity contribution is 0.213. The number of nitrogens with two attached hydrogens (primary N) is 1. The highest BCUT2D eigenvalue weighted by molar-refractivity contribution is 6.32. The average Bonchev–Trinajstić information content (AvgIpc) is 2.39. The number of para-hydroxylation sites is 1. The minimum atomic E-state index is 0. The molecule has 0 aromatic heterocycles. The van der Waals surface area contributed by atoms with Crippen molar-refractivity contribution in [1.82, 2.24) is 0 Å². The van der Waals surface area contributed by atoms with Crippen LogP contribution >= 0.6 is 24.0 Å². The Kier molecular flexibility index (Phi) is 6.98. The van der Waals surface area contributed by atoms with Crippen molar-refractivity contribution in [3.05, 3.63) is 28.8 Å². The molecule has 0 radical (unpaired) electrons. The van der Waals surface area contributed by atoms with E-state index < -0.39 is 0 Å². The van der Waals surface area contributed by atoms with Gasteiger partial charge in [-0.15, -0.1) is 12.4 Å². The minimum absolute atomic E-state index is 0. The van der Waals surface area contributed by atoms with E-state index in [9.17, 15) is 0 Å². The first kappa shape index (κ1) is 16.6. The predicted molar refractivity (Wildman–Crippen MR) is 83.5 cm³/mol. The Morgan fingerprint density at radius 3 is 2.63 bits per heavy atom. The van der Waals surface area contributed by atoms with Crippen molar-refractivity contribution in [3.8, 4) is 5.75 Å². The second-order valence-corrected chi connectivity index (χ2v) is 5.67. The second-order valence-electron chi connectivity index (χ2n) is 5.26. The molecular formula is C15H23Cl2NO. The van der Waals surface area contributed by atoms with Gasteiger partial charge in [-0.3, -0.25) is 0 Å². The summed E-state index contributed by atoms with van der Waals surface area (Å²) in [5.74, 6) is 1.40. The maximum Gasteiger partial charge on any atom is 0.140 e. The Labute approximate surface area is 127 Å². The molecule has 1 aliphatic carbocycles. The SMILES string of the molecule is Cc1cccc(Cl)c1OCC(N)C1CCCCC1.Cl. The molecule has 0 saturated heterocycles. The van der Waals surface area contributed by atoms with Crippen molar-refractivity contribution >= 4 is 24.0 Å². The summed E-state index contributed by atoms with van der Waals surface area (Å²) < 4.78 is 5.83. The normalized spacial score (nSPS) is 17.6. The van der Waals surface area contributed by atoms with E-state index in [0.717, 1.165) is 11.3 Å². The summed E-state index contributed by atoms with van der Waals surface area (Å²) in [5.41, 5.74) is 7.30. The van der Waals surface area contributed by atoms with E-state index in [-0.39, 0.29) is 18.4 Å². The number of hydrogen-bond donors (Lipinski definition) is 1. The van der Waals surface area contributed by atoms with Crippen LogP contribution in [0.15, 0.2) is 18.2 Å². The van der Waals surface area contributed by atoms with E-state index in [2.05, 4.69) is 0 Å². The molecule has 1 aromatic carbocycles. The lowest BCUT2D eigenvalue weighted by Crippen LogP contribution is -2.37. The van der Waals surface area contributed by atoms with Crippen LogP contribution in [-0.2, 0) is 0 Å². The van der Waals surface area contributed by atoms with Crippen LogP contribution in [-0.4, -0.2) is 12.6 Å². The number of rotatable bonds is 4. The Balaban J connectivity index is 0.00000180. The van der Waals surface area contributed by atoms with Crippen molar-refractivity contribution in [2.24, 2.45) is 11.7 Å². The number of ether oxygens (including phenoxy) is 1. The summed E-state index contributed by atoms with van der Waals surface area (Å²) in [6.45, 7) is 2.57. The number of halogens is 2. The molecule has 2 rings (SSSR count). The summed E-state index contributed by atoms with van der Waals surface area (Å²) in [6.07, 6.45) is 6.46. The van der Waals surface area contributed by atoms with Gasteiger partial charge in [0.1, 0.15) is 12.4 Å². The molecule has 0 spiro atoms. The van der Waals surface area contributed by atoms with Gasteiger partial charge in [-0.2, -0.15) is 0 Å². The van der Waals surface area contributed by atoms with Gasteiger partial charge in [0.05, 0.1) is 5.02 Å². The maximum atomic E-state index is 6.23. The Morgan fingerprint density at radius 2 is 2.00 bits per heavy atom. The van der Waals surface area contributed by atoms with Gasteiger partial charge >= 0.3 is 0 Å². The number of aryl methyl sites for hydroxylation is 1. The quantitative estimate of drug-likeness (QED) is 0.897. The lowest BCUT2D eigenvalue weighted by Gasteiger charge is -2.27. The van der Waals surface area contributed by atoms with Gasteiger partial charge in [0, 0.05) is 6.04 Å². The first-order valence-electron chi connectivity index (χ1n) is 6.82. The molecule has 0 aliphatic heterocycles. The monoisotopic (exact) mass is 303 g/mol. The van der Waals surface area contributed by atoms with Crippen molar-refractivity contribution in [1.29, 1.82) is 0 Å². The third kappa shape index (κ3) is 4.55. The van der Waals surface area contributed by atoms with Crippen LogP contribution in [0.1, 0.15) is 37.7 Å². The molecule has 4 heteroatoms. The molecule has 2 nitrogen and oxygen atoms in total. The Hall–Kier alpha value is -0.440. The molecule has 108 valence electrons. The number of hydrogen-bond acceptors (Lipinski definition) is 2. The zero-order valence-electron chi connectivity index (χ0n) is 11.4. The highest BCUT2D eigenvalue weighted by Gasteiger charge is 2.21. The molecule has 1 unspecified atom stereocenters. The third-order valence-corrected chi connectivity index (χ3v) is 4.14. The third-order valence-electron chi connectivity index (χ3n) is 3.84. The van der Waals surface area contributed by atoms with Gasteiger partial charge in [-0.1, -0.05) is 43.0 Å². The van der Waals surface area contributed by atoms with Gasteiger partial charge < -0.3 is 10.5 Å². The molecule has 1 atom stereocenters. The van der Waals surface area contributed by atoms with Gasteiger partial charge in [0.2, 0.25) is 0 Å². The van der Waals surface area contributed by atoms with Crippen LogP contribution in [0.25, 0.3) is 0 Å². The summed E-state index contributed by atoms with van der Waals surface area (Å²) in [4.78, 5) is 0. The van der Waals surface area contributed by atoms with E-state index >= 15 is 0 Å². The van der Waals surface area contributed by atoms with Crippen LogP contribution in [0, 0.1) is 12.8 Å². The fourth-order valence-corrected chi connectivity index (χ4v) is 2.95. The van der Waals surface area contributed by atoms with Crippen LogP contribution in [0.4, 0.5) is 0 Å². The van der Waals surface area contributed by atoms with Crippen molar-refractivity contribution in [3.63, 3.8) is 0 Å². The fourth-order valence-electron chi connectivity index (χ4n) is 2.68. The summed E-state index contributed by atoms with van der Waals surface area (Å²) >= 11 is 6.13. The highest BCUT2D eigenvalue weighted by Crippen LogP contribution is 2.29. The van der Waals surface area contributed by atoms with E-state index in [4.69, 9.17) is 22.1 Å². The van der Waals surface area contributed by atoms with Crippen LogP contribution in [0.5, 0.6) is 5.75 Å². The van der Waals surface area contributed by atoms with Gasteiger partial charge in [0.15, 0.2) is 0 Å². The molecule has 1 aromatic rings. The molecule has 19 heavy (non-hydrogen) atoms. The summed E-state index contributed by atoms with van der Waals surface area (Å²) in [6, 6.07) is 5.93. The molecule has 1 saturated carbocycles. The van der Waals surface area contributed by atoms with Gasteiger partial charge in [-0.25, -0.2) is 0 Å². The smallest absolute Gasteiger partial charge is 0.140 e. The fraction of sp³-hybridized carbons (Fsp3) is 0.600. The molecule has 0 heterocycles. The van der Waals surface area contributed by atoms with Crippen molar-refractivity contribution in [2.75, 3.05) is 6.61 Å². The van der Waals surface area contributed by atoms with Crippen LogP contribution in [0.3, 0.4) is 0 Å². The van der Waals surface area contributed by atoms with Gasteiger partial charge in [-0.05, 0) is 37.3 Å². The number of benzene rings is 1. The summed E-state index contributed by atoms with van der Waals surface area (Å²) in [5, 5.41) is 0.672. The molecule has 1 fully saturated rings. The lowest BCUT2D eigenvalue weighted by atomic mass is 9.84. The Bertz CT molecular complexity index is 371. The first-order valence-corrected chi connectivity index (χ1v) is 7.20. The van der Waals surface area contributed by atoms with Crippen molar-refractivity contribution in [2.45, 2.75) is 45.1 Å². The zero-order valence-corrected chi connectivity index (χ0v) is 13.0. The molecule has 0 amide bonds. The molecule has 2 N–H and O–H groups in total. The van der Waals surface area contributed by atoms with E-state index in [1.54, 1.807) is 0 Å². The first-order chi connectivity index (χ1) is 8.68. The van der Waals surface area contributed by atoms with E-state index in [1.165, 1.54) is 32.1 Å². The van der Waals surface area contributed by atoms with Crippen LogP contribution in [0.2, 0.25) is 5.02 Å². The van der Waals surface area contributed by atoms with Crippen molar-refractivity contribution < 1.29 is 4.74 Å². The molecule has 1 aliphatic rings. The average molecular weight is 304 g/mol. The topological polar surface area (TPSA) is 35.2 Å². The molecule has 0 bridgehead atoms. The highest BCUT2D eigenvalue weighted by atomic mass is 35.5. The maximum absolute atomic E-state index is 6.23. The molecular weight excluding hydrogens is 281 g/mol. The van der Waals surface area contributed by atoms with Gasteiger partial charge in [0.25, 0.3) is 0 Å². The second kappa shape index (κ2) is 7.98. The van der Waals surface area contributed by atoms with Crippen LogP contribution < -0.4 is 10.5 Å². The van der Waals surface area contributed by atoms with E-state index in [1.807, 2.05) is 25.1 Å². The minimum Gasteiger partial charge on any atom is -0.490 e. The predicted octanol–water partition coefficient (Wildman–Crippen LogP) is 4.36. The summed E-state index contributed by atoms with van der Waals surface area (Å²) in [7, 11) is 0. The zero-order chi connectivity index (χ0) is 13.0.